The Bertz CT molecular complexity index is 339. The Balaban J connectivity index is 3.06. The lowest BCUT2D eigenvalue weighted by atomic mass is 10.0. The first-order valence-electron chi connectivity index (χ1n) is 4.84. The summed E-state index contributed by atoms with van der Waals surface area (Å²) >= 11 is 0. The predicted octanol–water partition coefficient (Wildman–Crippen LogP) is 1.09. The van der Waals surface area contributed by atoms with E-state index in [1.807, 2.05) is 0 Å². The molecule has 15 heavy (non-hydrogen) atoms. The van der Waals surface area contributed by atoms with E-state index in [0.717, 1.165) is 0 Å². The lowest BCUT2D eigenvalue weighted by Gasteiger charge is -2.15. The first-order chi connectivity index (χ1) is 7.11. The molecule has 1 aromatic rings. The van der Waals surface area contributed by atoms with Gasteiger partial charge in [0.15, 0.2) is 0 Å². The summed E-state index contributed by atoms with van der Waals surface area (Å²) in [5.74, 6) is 0.780. The zero-order chi connectivity index (χ0) is 11.4. The van der Waals surface area contributed by atoms with Gasteiger partial charge in [-0.05, 0) is 19.4 Å². The molecule has 0 fully saturated rings. The molecule has 0 heterocycles. The Kier molecular flexibility index (Phi) is 3.94. The minimum Gasteiger partial charge on any atom is -0.507 e. The predicted molar refractivity (Wildman–Crippen MR) is 58.0 cm³/mol. The average Bonchev–Trinajstić information content (AvgIpc) is 2.22. The number of aliphatic hydroxyl groups excluding tert-OH is 1. The van der Waals surface area contributed by atoms with Crippen molar-refractivity contribution in [2.45, 2.75) is 19.4 Å². The molecule has 0 aliphatic rings. The minimum atomic E-state index is -0.348. The Labute approximate surface area is 89.3 Å². The first-order valence-corrected chi connectivity index (χ1v) is 4.84. The molecule has 4 heteroatoms. The van der Waals surface area contributed by atoms with E-state index < -0.39 is 0 Å². The van der Waals surface area contributed by atoms with Crippen LogP contribution in [0.3, 0.4) is 0 Å². The van der Waals surface area contributed by atoms with E-state index in [1.165, 1.54) is 0 Å². The summed E-state index contributed by atoms with van der Waals surface area (Å²) in [6, 6.07) is 3.14. The molecular formula is C11H17NO3. The van der Waals surface area contributed by atoms with Gasteiger partial charge in [0.05, 0.1) is 7.11 Å². The number of hydrogen-bond acceptors (Lipinski definition) is 4. The highest BCUT2D eigenvalue weighted by molar-refractivity contribution is 5.49. The smallest absolute Gasteiger partial charge is 0.126 e. The normalized spacial score (nSPS) is 12.5. The number of aliphatic hydroxyl groups is 1. The molecule has 0 radical (unpaired) electrons. The maximum Gasteiger partial charge on any atom is 0.126 e. The molecule has 0 bridgehead atoms. The molecule has 1 atom stereocenters. The topological polar surface area (TPSA) is 75.7 Å². The van der Waals surface area contributed by atoms with E-state index in [1.54, 1.807) is 26.2 Å². The van der Waals surface area contributed by atoms with Gasteiger partial charge in [0.25, 0.3) is 0 Å². The fraction of sp³-hybridized carbons (Fsp3) is 0.455. The van der Waals surface area contributed by atoms with Crippen molar-refractivity contribution in [2.24, 2.45) is 5.73 Å². The zero-order valence-corrected chi connectivity index (χ0v) is 9.03. The quantitative estimate of drug-likeness (QED) is 0.697. The number of ether oxygens (including phenoxy) is 1. The van der Waals surface area contributed by atoms with E-state index >= 15 is 0 Å². The van der Waals surface area contributed by atoms with E-state index in [-0.39, 0.29) is 18.4 Å². The average molecular weight is 211 g/mol. The lowest BCUT2D eigenvalue weighted by molar-refractivity contribution is 0.275. The van der Waals surface area contributed by atoms with Crippen molar-refractivity contribution >= 4 is 0 Å². The van der Waals surface area contributed by atoms with Gasteiger partial charge in [-0.2, -0.15) is 0 Å². The van der Waals surface area contributed by atoms with Crippen LogP contribution in [0.15, 0.2) is 12.1 Å². The van der Waals surface area contributed by atoms with E-state index in [4.69, 9.17) is 15.6 Å². The Morgan fingerprint density at radius 1 is 1.47 bits per heavy atom. The van der Waals surface area contributed by atoms with Gasteiger partial charge in [-0.25, -0.2) is 0 Å². The van der Waals surface area contributed by atoms with Crippen LogP contribution in [0.4, 0.5) is 0 Å². The highest BCUT2D eigenvalue weighted by Crippen LogP contribution is 2.33. The first kappa shape index (κ1) is 11.8. The van der Waals surface area contributed by atoms with Gasteiger partial charge in [-0.15, -0.1) is 0 Å². The second kappa shape index (κ2) is 5.00. The lowest BCUT2D eigenvalue weighted by Crippen LogP contribution is -2.12. The number of aromatic hydroxyl groups is 1. The Morgan fingerprint density at radius 3 is 2.67 bits per heavy atom. The molecule has 0 aromatic heterocycles. The zero-order valence-electron chi connectivity index (χ0n) is 9.03. The molecule has 0 aliphatic heterocycles. The molecular weight excluding hydrogens is 194 g/mol. The summed E-state index contributed by atoms with van der Waals surface area (Å²) in [7, 11) is 1.55. The monoisotopic (exact) mass is 211 g/mol. The second-order valence-corrected chi connectivity index (χ2v) is 3.45. The third kappa shape index (κ3) is 2.40. The molecule has 1 unspecified atom stereocenters. The summed E-state index contributed by atoms with van der Waals surface area (Å²) in [6.45, 7) is 1.77. The van der Waals surface area contributed by atoms with Gasteiger partial charge in [-0.3, -0.25) is 0 Å². The van der Waals surface area contributed by atoms with Crippen molar-refractivity contribution in [1.29, 1.82) is 0 Å². The fourth-order valence-corrected chi connectivity index (χ4v) is 1.52. The van der Waals surface area contributed by atoms with Crippen LogP contribution >= 0.6 is 0 Å². The van der Waals surface area contributed by atoms with E-state index in [0.29, 0.717) is 23.3 Å². The van der Waals surface area contributed by atoms with Crippen LogP contribution in [0.1, 0.15) is 23.6 Å². The van der Waals surface area contributed by atoms with Gasteiger partial charge in [0.1, 0.15) is 11.5 Å². The summed E-state index contributed by atoms with van der Waals surface area (Å²) < 4.78 is 5.07. The molecule has 1 aromatic carbocycles. The van der Waals surface area contributed by atoms with Crippen molar-refractivity contribution in [3.05, 3.63) is 23.3 Å². The van der Waals surface area contributed by atoms with Crippen molar-refractivity contribution in [3.63, 3.8) is 0 Å². The summed E-state index contributed by atoms with van der Waals surface area (Å²) in [5.41, 5.74) is 7.12. The third-order valence-electron chi connectivity index (χ3n) is 2.47. The van der Waals surface area contributed by atoms with Crippen LogP contribution in [-0.4, -0.2) is 23.9 Å². The number of benzene rings is 1. The van der Waals surface area contributed by atoms with Crippen LogP contribution in [0, 0.1) is 6.92 Å². The van der Waals surface area contributed by atoms with Gasteiger partial charge in [-0.1, -0.05) is 6.07 Å². The largest absolute Gasteiger partial charge is 0.507 e. The van der Waals surface area contributed by atoms with Gasteiger partial charge in [0.2, 0.25) is 0 Å². The standard InChI is InChI=1S/C11H17NO3/c1-7-10(15-2)4-3-8(11(7)14)9(12)5-6-13/h3-4,9,13-14H,5-6,12H2,1-2H3. The van der Waals surface area contributed by atoms with Gasteiger partial charge >= 0.3 is 0 Å². The molecule has 1 rings (SSSR count). The number of methoxy groups -OCH3 is 1. The van der Waals surface area contributed by atoms with Crippen LogP contribution < -0.4 is 10.5 Å². The molecule has 4 nitrogen and oxygen atoms in total. The van der Waals surface area contributed by atoms with Crippen LogP contribution in [0.25, 0.3) is 0 Å². The highest BCUT2D eigenvalue weighted by Gasteiger charge is 2.14. The van der Waals surface area contributed by atoms with Gasteiger partial charge < -0.3 is 20.7 Å². The number of hydrogen-bond donors (Lipinski definition) is 3. The van der Waals surface area contributed by atoms with Crippen LogP contribution in [0.5, 0.6) is 11.5 Å². The SMILES string of the molecule is COc1ccc(C(N)CCO)c(O)c1C. The van der Waals surface area contributed by atoms with Crippen LogP contribution in [0.2, 0.25) is 0 Å². The fourth-order valence-electron chi connectivity index (χ4n) is 1.52. The molecule has 84 valence electrons. The molecule has 0 saturated heterocycles. The van der Waals surface area contributed by atoms with Crippen LogP contribution in [-0.2, 0) is 0 Å². The van der Waals surface area contributed by atoms with E-state index in [9.17, 15) is 5.11 Å². The van der Waals surface area contributed by atoms with Gasteiger partial charge in [0, 0.05) is 23.8 Å². The van der Waals surface area contributed by atoms with Crippen molar-refractivity contribution in [1.82, 2.24) is 0 Å². The third-order valence-corrected chi connectivity index (χ3v) is 2.47. The molecule has 0 spiro atoms. The van der Waals surface area contributed by atoms with Crippen molar-refractivity contribution in [3.8, 4) is 11.5 Å². The maximum absolute atomic E-state index is 9.86. The number of phenolic OH excluding ortho intramolecular Hbond substituents is 1. The minimum absolute atomic E-state index is 0.00564. The number of phenols is 1. The van der Waals surface area contributed by atoms with E-state index in [2.05, 4.69) is 0 Å². The van der Waals surface area contributed by atoms with Crippen molar-refractivity contribution in [2.75, 3.05) is 13.7 Å². The molecule has 0 aliphatic carbocycles. The highest BCUT2D eigenvalue weighted by atomic mass is 16.5. The number of rotatable bonds is 4. The maximum atomic E-state index is 9.86. The summed E-state index contributed by atoms with van der Waals surface area (Å²) in [4.78, 5) is 0. The summed E-state index contributed by atoms with van der Waals surface area (Å²) in [5, 5.41) is 18.6. The number of nitrogens with two attached hydrogens (primary N) is 1. The molecule has 4 N–H and O–H groups in total. The van der Waals surface area contributed by atoms with Crippen molar-refractivity contribution < 1.29 is 14.9 Å². The Hall–Kier alpha value is -1.26. The molecule has 0 saturated carbocycles. The second-order valence-electron chi connectivity index (χ2n) is 3.45. The Morgan fingerprint density at radius 2 is 2.13 bits per heavy atom. The summed E-state index contributed by atoms with van der Waals surface area (Å²) in [6.07, 6.45) is 0.430. The molecule has 0 amide bonds.